The minimum atomic E-state index is -0.872. The summed E-state index contributed by atoms with van der Waals surface area (Å²) in [4.78, 5) is 21.3. The summed E-state index contributed by atoms with van der Waals surface area (Å²) in [5, 5.41) is 20.6. The number of fused-ring (bicyclic) bond motifs is 2. The molecule has 3 aliphatic rings. The van der Waals surface area contributed by atoms with Gasteiger partial charge in [0, 0.05) is 6.04 Å². The van der Waals surface area contributed by atoms with E-state index in [1.807, 2.05) is 0 Å². The molecule has 0 spiro atoms. The Bertz CT molecular complexity index is 436. The van der Waals surface area contributed by atoms with Crippen LogP contribution in [-0.4, -0.2) is 39.8 Å². The van der Waals surface area contributed by atoms with Crippen molar-refractivity contribution >= 4 is 11.9 Å². The Balaban J connectivity index is 0.000000167. The second kappa shape index (κ2) is 7.62. The fraction of sp³-hybridized carbons (Fsp3) is 0.882. The van der Waals surface area contributed by atoms with Gasteiger partial charge in [0.25, 0.3) is 0 Å². The van der Waals surface area contributed by atoms with E-state index >= 15 is 0 Å². The van der Waals surface area contributed by atoms with Gasteiger partial charge < -0.3 is 21.3 Å². The molecule has 3 saturated carbocycles. The predicted molar refractivity (Wildman–Crippen MR) is 87.1 cm³/mol. The SMILES string of the molecule is C[C@H](NC1CCCCC1)C(=O)O.NC1(C(=O)O)CC2CCC1C2. The number of nitrogens with two attached hydrogens (primary N) is 1. The van der Waals surface area contributed by atoms with E-state index in [1.165, 1.54) is 25.7 Å². The lowest BCUT2D eigenvalue weighted by atomic mass is 9.82. The molecule has 5 N–H and O–H groups in total. The fourth-order valence-corrected chi connectivity index (χ4v) is 4.33. The van der Waals surface area contributed by atoms with E-state index in [0.29, 0.717) is 18.4 Å². The standard InChI is InChI=1S/C9H17NO2.C8H13NO2/c1-7(9(11)12)10-8-5-3-2-4-6-8;9-8(7(10)11)4-5-1-2-6(8)3-5/h7-8,10H,2-6H2,1H3,(H,11,12);5-6H,1-4,9H2,(H,10,11)/t7-;/m0./s1. The molecule has 3 fully saturated rings. The van der Waals surface area contributed by atoms with Gasteiger partial charge in [-0.1, -0.05) is 25.7 Å². The summed E-state index contributed by atoms with van der Waals surface area (Å²) in [6.07, 6.45) is 10.0. The Hall–Kier alpha value is -1.14. The molecular formula is C17H30N2O4. The van der Waals surface area contributed by atoms with Gasteiger partial charge in [-0.15, -0.1) is 0 Å². The maximum atomic E-state index is 10.8. The zero-order valence-corrected chi connectivity index (χ0v) is 14.0. The van der Waals surface area contributed by atoms with Crippen molar-refractivity contribution in [2.24, 2.45) is 17.6 Å². The molecule has 2 bridgehead atoms. The minimum absolute atomic E-state index is 0.255. The third kappa shape index (κ3) is 4.44. The van der Waals surface area contributed by atoms with Gasteiger partial charge in [-0.2, -0.15) is 0 Å². The van der Waals surface area contributed by atoms with Gasteiger partial charge in [0.15, 0.2) is 0 Å². The van der Waals surface area contributed by atoms with Crippen LogP contribution in [0.25, 0.3) is 0 Å². The van der Waals surface area contributed by atoms with Crippen molar-refractivity contribution in [1.82, 2.24) is 5.32 Å². The first-order valence-corrected chi connectivity index (χ1v) is 8.84. The maximum absolute atomic E-state index is 10.8. The van der Waals surface area contributed by atoms with Crippen LogP contribution >= 0.6 is 0 Å². The van der Waals surface area contributed by atoms with Crippen molar-refractivity contribution in [3.63, 3.8) is 0 Å². The first-order valence-electron chi connectivity index (χ1n) is 8.84. The summed E-state index contributed by atoms with van der Waals surface area (Å²) in [7, 11) is 0. The highest BCUT2D eigenvalue weighted by atomic mass is 16.4. The van der Waals surface area contributed by atoms with Crippen molar-refractivity contribution in [3.8, 4) is 0 Å². The van der Waals surface area contributed by atoms with Crippen LogP contribution in [0.15, 0.2) is 0 Å². The van der Waals surface area contributed by atoms with E-state index in [1.54, 1.807) is 6.92 Å². The lowest BCUT2D eigenvalue weighted by molar-refractivity contribution is -0.145. The molecule has 0 aromatic heterocycles. The lowest BCUT2D eigenvalue weighted by Crippen LogP contribution is -2.52. The summed E-state index contributed by atoms with van der Waals surface area (Å²) >= 11 is 0. The first-order chi connectivity index (χ1) is 10.8. The molecule has 3 unspecified atom stereocenters. The quantitative estimate of drug-likeness (QED) is 0.628. The largest absolute Gasteiger partial charge is 0.480 e. The summed E-state index contributed by atoms with van der Waals surface area (Å²) in [5.74, 6) is -0.698. The molecule has 6 heteroatoms. The van der Waals surface area contributed by atoms with Crippen LogP contribution in [0.4, 0.5) is 0 Å². The normalized spacial score (nSPS) is 34.5. The number of nitrogens with one attached hydrogen (secondary N) is 1. The van der Waals surface area contributed by atoms with Crippen molar-refractivity contribution in [3.05, 3.63) is 0 Å². The van der Waals surface area contributed by atoms with E-state index < -0.39 is 23.5 Å². The zero-order valence-electron chi connectivity index (χ0n) is 14.0. The lowest BCUT2D eigenvalue weighted by Gasteiger charge is -2.28. The molecule has 0 aliphatic heterocycles. The van der Waals surface area contributed by atoms with Crippen molar-refractivity contribution in [2.45, 2.75) is 82.3 Å². The maximum Gasteiger partial charge on any atom is 0.323 e. The van der Waals surface area contributed by atoms with Crippen LogP contribution in [0.5, 0.6) is 0 Å². The Morgan fingerprint density at radius 2 is 1.78 bits per heavy atom. The van der Waals surface area contributed by atoms with E-state index in [2.05, 4.69) is 5.32 Å². The number of hydrogen-bond acceptors (Lipinski definition) is 4. The fourth-order valence-electron chi connectivity index (χ4n) is 4.33. The Kier molecular flexibility index (Phi) is 6.03. The Labute approximate surface area is 137 Å². The Morgan fingerprint density at radius 3 is 2.17 bits per heavy atom. The van der Waals surface area contributed by atoms with Crippen LogP contribution < -0.4 is 11.1 Å². The molecule has 0 aromatic carbocycles. The van der Waals surface area contributed by atoms with Crippen LogP contribution in [0.3, 0.4) is 0 Å². The highest BCUT2D eigenvalue weighted by Crippen LogP contribution is 2.49. The summed E-state index contributed by atoms with van der Waals surface area (Å²) in [5.41, 5.74) is 4.92. The van der Waals surface area contributed by atoms with Gasteiger partial charge in [0.2, 0.25) is 0 Å². The highest BCUT2D eigenvalue weighted by molar-refractivity contribution is 5.79. The summed E-state index contributed by atoms with van der Waals surface area (Å²) < 4.78 is 0. The van der Waals surface area contributed by atoms with E-state index in [0.717, 1.165) is 25.7 Å². The van der Waals surface area contributed by atoms with Crippen LogP contribution in [-0.2, 0) is 9.59 Å². The van der Waals surface area contributed by atoms with E-state index in [9.17, 15) is 9.59 Å². The second-order valence-corrected chi connectivity index (χ2v) is 7.49. The highest BCUT2D eigenvalue weighted by Gasteiger charge is 2.53. The topological polar surface area (TPSA) is 113 Å². The molecular weight excluding hydrogens is 296 g/mol. The zero-order chi connectivity index (χ0) is 17.0. The molecule has 4 atom stereocenters. The number of carbonyl (C=O) groups is 2. The van der Waals surface area contributed by atoms with Crippen LogP contribution in [0, 0.1) is 11.8 Å². The molecule has 0 amide bonds. The minimum Gasteiger partial charge on any atom is -0.480 e. The average molecular weight is 326 g/mol. The van der Waals surface area contributed by atoms with Gasteiger partial charge in [0.1, 0.15) is 11.6 Å². The van der Waals surface area contributed by atoms with Gasteiger partial charge in [-0.3, -0.25) is 9.59 Å². The van der Waals surface area contributed by atoms with Crippen molar-refractivity contribution < 1.29 is 19.8 Å². The second-order valence-electron chi connectivity index (χ2n) is 7.49. The molecule has 3 rings (SSSR count). The number of hydrogen-bond donors (Lipinski definition) is 4. The van der Waals surface area contributed by atoms with E-state index in [-0.39, 0.29) is 5.92 Å². The molecule has 6 nitrogen and oxygen atoms in total. The van der Waals surface area contributed by atoms with Crippen molar-refractivity contribution in [2.75, 3.05) is 0 Å². The van der Waals surface area contributed by atoms with Crippen LogP contribution in [0.1, 0.15) is 64.7 Å². The predicted octanol–water partition coefficient (Wildman–Crippen LogP) is 1.97. The van der Waals surface area contributed by atoms with Gasteiger partial charge >= 0.3 is 11.9 Å². The first kappa shape index (κ1) is 18.2. The van der Waals surface area contributed by atoms with Gasteiger partial charge in [-0.05, 0) is 50.9 Å². The number of carboxylic acid groups (broad SMARTS) is 2. The third-order valence-corrected chi connectivity index (χ3v) is 5.76. The van der Waals surface area contributed by atoms with Gasteiger partial charge in [0.05, 0.1) is 0 Å². The van der Waals surface area contributed by atoms with Crippen LogP contribution in [0.2, 0.25) is 0 Å². The summed E-state index contributed by atoms with van der Waals surface area (Å²) in [6.45, 7) is 1.71. The molecule has 23 heavy (non-hydrogen) atoms. The molecule has 132 valence electrons. The van der Waals surface area contributed by atoms with Gasteiger partial charge in [-0.25, -0.2) is 0 Å². The molecule has 0 heterocycles. The molecule has 0 aromatic rings. The molecule has 0 saturated heterocycles. The molecule has 0 radical (unpaired) electrons. The summed E-state index contributed by atoms with van der Waals surface area (Å²) in [6, 6.07) is 0.0398. The van der Waals surface area contributed by atoms with E-state index in [4.69, 9.17) is 15.9 Å². The van der Waals surface area contributed by atoms with Crippen molar-refractivity contribution in [1.29, 1.82) is 0 Å². The average Bonchev–Trinajstić information content (AvgIpc) is 3.09. The third-order valence-electron chi connectivity index (χ3n) is 5.76. The number of carboxylic acids is 2. The Morgan fingerprint density at radius 1 is 1.13 bits per heavy atom. The number of rotatable bonds is 4. The number of aliphatic carboxylic acids is 2. The monoisotopic (exact) mass is 326 g/mol. The smallest absolute Gasteiger partial charge is 0.323 e. The molecule has 3 aliphatic carbocycles.